The second-order valence-electron chi connectivity index (χ2n) is 2.33. The normalized spacial score (nSPS) is 10.2. The van der Waals surface area contributed by atoms with Crippen molar-refractivity contribution in [3.63, 3.8) is 0 Å². The predicted molar refractivity (Wildman–Crippen MR) is 54.8 cm³/mol. The minimum atomic E-state index is 1.16. The number of rotatable bonds is 3. The zero-order valence-electron chi connectivity index (χ0n) is 8.43. The van der Waals surface area contributed by atoms with Crippen LogP contribution in [0.5, 0.6) is 0 Å². The van der Waals surface area contributed by atoms with Crippen LogP contribution in [0, 0.1) is 0 Å². The predicted octanol–water partition coefficient (Wildman–Crippen LogP) is 4.34. The molecule has 0 radical (unpaired) electrons. The molecule has 0 heterocycles. The molecule has 0 bridgehead atoms. The summed E-state index contributed by atoms with van der Waals surface area (Å²) in [5, 5.41) is 0. The molecule has 0 atom stereocenters. The minimum absolute atomic E-state index is 1.16. The molecule has 0 fully saturated rings. The highest BCUT2D eigenvalue weighted by Crippen LogP contribution is 1.85. The Morgan fingerprint density at radius 3 is 1.55 bits per heavy atom. The molecule has 0 unspecified atom stereocenters. The summed E-state index contributed by atoms with van der Waals surface area (Å²) in [6.45, 7) is 8.39. The Hall–Kier alpha value is -0.520. The first-order valence-corrected chi connectivity index (χ1v) is 4.55. The van der Waals surface area contributed by atoms with E-state index in [9.17, 15) is 0 Å². The van der Waals surface area contributed by atoms with Crippen LogP contribution in [0.2, 0.25) is 0 Å². The lowest BCUT2D eigenvalue weighted by atomic mass is 10.3. The van der Waals surface area contributed by atoms with Crippen molar-refractivity contribution in [2.24, 2.45) is 0 Å². The largest absolute Gasteiger partial charge is 0.0917 e. The van der Waals surface area contributed by atoms with Crippen LogP contribution >= 0.6 is 0 Å². The average Bonchev–Trinajstić information content (AvgIpc) is 2.04. The van der Waals surface area contributed by atoms with Crippen molar-refractivity contribution in [1.82, 2.24) is 0 Å². The van der Waals surface area contributed by atoms with E-state index in [1.54, 1.807) is 0 Å². The Labute approximate surface area is 72.0 Å². The Morgan fingerprint density at radius 1 is 0.909 bits per heavy atom. The van der Waals surface area contributed by atoms with Gasteiger partial charge in [0, 0.05) is 0 Å². The fraction of sp³-hybridized carbons (Fsp3) is 0.636. The van der Waals surface area contributed by atoms with Gasteiger partial charge in [-0.15, -0.1) is 0 Å². The molecule has 11 heavy (non-hydrogen) atoms. The van der Waals surface area contributed by atoms with Gasteiger partial charge in [0.15, 0.2) is 0 Å². The number of allylic oxidation sites excluding steroid dienone is 4. The molecular formula is C11H22. The standard InChI is InChI=1S/C6H12.C5H10/c1-3-5-6-4-2;1-3-5-4-2/h3,5H,4,6H2,1-2H3;3,5H,4H2,1-2H3/b2*5-3+. The van der Waals surface area contributed by atoms with E-state index in [4.69, 9.17) is 0 Å². The highest BCUT2D eigenvalue weighted by Gasteiger charge is 1.64. The van der Waals surface area contributed by atoms with Crippen molar-refractivity contribution < 1.29 is 0 Å². The van der Waals surface area contributed by atoms with Gasteiger partial charge < -0.3 is 0 Å². The number of hydrogen-bond acceptors (Lipinski definition) is 0. The maximum Gasteiger partial charge on any atom is -0.0353 e. The molecule has 0 aromatic rings. The maximum absolute atomic E-state index is 2.18. The van der Waals surface area contributed by atoms with Crippen molar-refractivity contribution >= 4 is 0 Å². The van der Waals surface area contributed by atoms with E-state index < -0.39 is 0 Å². The fourth-order valence-electron chi connectivity index (χ4n) is 0.569. The van der Waals surface area contributed by atoms with Crippen molar-refractivity contribution in [3.05, 3.63) is 24.3 Å². The summed E-state index contributed by atoms with van der Waals surface area (Å²) in [6, 6.07) is 0. The molecule has 0 nitrogen and oxygen atoms in total. The van der Waals surface area contributed by atoms with Crippen LogP contribution in [0.4, 0.5) is 0 Å². The smallest absolute Gasteiger partial charge is 0.0353 e. The lowest BCUT2D eigenvalue weighted by molar-refractivity contribution is 0.957. The lowest BCUT2D eigenvalue weighted by Gasteiger charge is -1.76. The Balaban J connectivity index is 0. The van der Waals surface area contributed by atoms with E-state index in [0.717, 1.165) is 6.42 Å². The summed E-state index contributed by atoms with van der Waals surface area (Å²) < 4.78 is 0. The summed E-state index contributed by atoms with van der Waals surface area (Å²) in [4.78, 5) is 0. The van der Waals surface area contributed by atoms with E-state index in [1.807, 2.05) is 6.92 Å². The second kappa shape index (κ2) is 16.2. The molecule has 0 N–H and O–H groups in total. The topological polar surface area (TPSA) is 0 Å². The Bertz CT molecular complexity index is 88.2. The summed E-state index contributed by atoms with van der Waals surface area (Å²) in [5.74, 6) is 0. The van der Waals surface area contributed by atoms with Crippen molar-refractivity contribution in [2.45, 2.75) is 47.0 Å². The van der Waals surface area contributed by atoms with Gasteiger partial charge in [-0.3, -0.25) is 0 Å². The molecule has 0 aliphatic rings. The first kappa shape index (κ1) is 13.1. The molecular weight excluding hydrogens is 132 g/mol. The van der Waals surface area contributed by atoms with Crippen molar-refractivity contribution in [3.8, 4) is 0 Å². The Morgan fingerprint density at radius 2 is 1.45 bits per heavy atom. The van der Waals surface area contributed by atoms with Crippen LogP contribution in [0.15, 0.2) is 24.3 Å². The lowest BCUT2D eigenvalue weighted by Crippen LogP contribution is -1.55. The third-order valence-electron chi connectivity index (χ3n) is 1.16. The first-order chi connectivity index (χ1) is 5.33. The fourth-order valence-corrected chi connectivity index (χ4v) is 0.569. The third-order valence-corrected chi connectivity index (χ3v) is 1.16. The van der Waals surface area contributed by atoms with Gasteiger partial charge >= 0.3 is 0 Å². The van der Waals surface area contributed by atoms with Crippen LogP contribution in [-0.4, -0.2) is 0 Å². The van der Waals surface area contributed by atoms with E-state index >= 15 is 0 Å². The van der Waals surface area contributed by atoms with Crippen LogP contribution in [-0.2, 0) is 0 Å². The van der Waals surface area contributed by atoms with Gasteiger partial charge in [-0.05, 0) is 26.7 Å². The molecule has 0 rings (SSSR count). The van der Waals surface area contributed by atoms with Gasteiger partial charge in [0.25, 0.3) is 0 Å². The maximum atomic E-state index is 2.18. The van der Waals surface area contributed by atoms with Crippen LogP contribution < -0.4 is 0 Å². The van der Waals surface area contributed by atoms with Crippen molar-refractivity contribution in [1.29, 1.82) is 0 Å². The molecule has 0 amide bonds. The van der Waals surface area contributed by atoms with Gasteiger partial charge in [-0.1, -0.05) is 44.6 Å². The zero-order chi connectivity index (χ0) is 8.95. The molecule has 0 saturated carbocycles. The SMILES string of the molecule is C/C=C/CC.C/C=C/CCC. The summed E-state index contributed by atoms with van der Waals surface area (Å²) in [6.07, 6.45) is 12.1. The van der Waals surface area contributed by atoms with Gasteiger partial charge in [0.1, 0.15) is 0 Å². The van der Waals surface area contributed by atoms with E-state index in [-0.39, 0.29) is 0 Å². The van der Waals surface area contributed by atoms with Crippen LogP contribution in [0.3, 0.4) is 0 Å². The van der Waals surface area contributed by atoms with Crippen molar-refractivity contribution in [2.75, 3.05) is 0 Å². The second-order valence-corrected chi connectivity index (χ2v) is 2.33. The molecule has 0 aliphatic heterocycles. The number of unbranched alkanes of at least 4 members (excludes halogenated alkanes) is 1. The molecule has 0 spiro atoms. The van der Waals surface area contributed by atoms with E-state index in [2.05, 4.69) is 45.1 Å². The molecule has 0 saturated heterocycles. The van der Waals surface area contributed by atoms with E-state index in [0.29, 0.717) is 0 Å². The average molecular weight is 154 g/mol. The molecule has 0 aromatic carbocycles. The molecule has 0 aliphatic carbocycles. The van der Waals surface area contributed by atoms with Crippen LogP contribution in [0.25, 0.3) is 0 Å². The van der Waals surface area contributed by atoms with Gasteiger partial charge in [0.05, 0.1) is 0 Å². The molecule has 0 aromatic heterocycles. The highest BCUT2D eigenvalue weighted by atomic mass is 13.7. The third kappa shape index (κ3) is 26.4. The van der Waals surface area contributed by atoms with Gasteiger partial charge in [-0.25, -0.2) is 0 Å². The van der Waals surface area contributed by atoms with Gasteiger partial charge in [-0.2, -0.15) is 0 Å². The summed E-state index contributed by atoms with van der Waals surface area (Å²) in [5.41, 5.74) is 0. The first-order valence-electron chi connectivity index (χ1n) is 4.55. The Kier molecular flexibility index (Phi) is 19.3. The highest BCUT2D eigenvalue weighted by molar-refractivity contribution is 4.75. The monoisotopic (exact) mass is 154 g/mol. The summed E-state index contributed by atoms with van der Waals surface area (Å²) in [7, 11) is 0. The molecule has 0 heteroatoms. The number of hydrogen-bond donors (Lipinski definition) is 0. The van der Waals surface area contributed by atoms with Crippen LogP contribution in [0.1, 0.15) is 47.0 Å². The zero-order valence-corrected chi connectivity index (χ0v) is 8.43. The van der Waals surface area contributed by atoms with E-state index in [1.165, 1.54) is 12.8 Å². The summed E-state index contributed by atoms with van der Waals surface area (Å²) >= 11 is 0. The van der Waals surface area contributed by atoms with Gasteiger partial charge in [0.2, 0.25) is 0 Å². The minimum Gasteiger partial charge on any atom is -0.0917 e. The quantitative estimate of drug-likeness (QED) is 0.531. The molecule has 66 valence electrons.